The molecule has 1 aromatic carbocycles. The summed E-state index contributed by atoms with van der Waals surface area (Å²) >= 11 is 0. The second-order valence-corrected chi connectivity index (χ2v) is 9.18. The monoisotopic (exact) mass is 491 g/mol. The molecule has 2 amide bonds. The molecule has 35 heavy (non-hydrogen) atoms. The maximum Gasteiger partial charge on any atom is 0.416 e. The third kappa shape index (κ3) is 7.40. The standard InChI is InChI=1S/C25H32F3N5O2/c1-18(2)7-9-33(24(35)22-17-29-19(3)16-30-22)10-8-23(34)32-13-11-31(12-14-32)21-6-4-5-20(15-21)25(26,27)28/h4-6,15-18H,7-14H2,1-3H3. The number of amides is 2. The Labute approximate surface area is 203 Å². The number of aromatic nitrogens is 2. The van der Waals surface area contributed by atoms with Crippen LogP contribution >= 0.6 is 0 Å². The van der Waals surface area contributed by atoms with Crippen molar-refractivity contribution in [1.29, 1.82) is 0 Å². The summed E-state index contributed by atoms with van der Waals surface area (Å²) < 4.78 is 39.1. The van der Waals surface area contributed by atoms with E-state index in [0.29, 0.717) is 44.3 Å². The van der Waals surface area contributed by atoms with Gasteiger partial charge >= 0.3 is 6.18 Å². The molecule has 0 aliphatic carbocycles. The number of nitrogens with zero attached hydrogens (tertiary/aromatic N) is 5. The first-order valence-corrected chi connectivity index (χ1v) is 11.8. The molecule has 0 unspecified atom stereocenters. The number of alkyl halides is 3. The van der Waals surface area contributed by atoms with Gasteiger partial charge in [0.25, 0.3) is 5.91 Å². The number of aryl methyl sites for hydroxylation is 1. The predicted molar refractivity (Wildman–Crippen MR) is 127 cm³/mol. The van der Waals surface area contributed by atoms with Gasteiger partial charge in [0.05, 0.1) is 17.5 Å². The quantitative estimate of drug-likeness (QED) is 0.558. The van der Waals surface area contributed by atoms with Gasteiger partial charge < -0.3 is 14.7 Å². The Hall–Kier alpha value is -3.17. The van der Waals surface area contributed by atoms with Gasteiger partial charge in [-0.3, -0.25) is 14.6 Å². The van der Waals surface area contributed by atoms with Gasteiger partial charge in [-0.25, -0.2) is 4.98 Å². The minimum absolute atomic E-state index is 0.0778. The smallest absolute Gasteiger partial charge is 0.368 e. The van der Waals surface area contributed by atoms with Crippen LogP contribution in [0.4, 0.5) is 18.9 Å². The number of halogens is 3. The minimum atomic E-state index is -4.39. The van der Waals surface area contributed by atoms with E-state index < -0.39 is 11.7 Å². The topological polar surface area (TPSA) is 69.6 Å². The summed E-state index contributed by atoms with van der Waals surface area (Å²) in [7, 11) is 0. The maximum absolute atomic E-state index is 13.0. The molecule has 0 atom stereocenters. The molecule has 2 aromatic rings. The van der Waals surface area contributed by atoms with Gasteiger partial charge in [0.1, 0.15) is 5.69 Å². The fourth-order valence-electron chi connectivity index (χ4n) is 3.88. The molecule has 0 bridgehead atoms. The first-order chi connectivity index (χ1) is 16.5. The van der Waals surface area contributed by atoms with Gasteiger partial charge in [0, 0.05) is 57.6 Å². The van der Waals surface area contributed by atoms with E-state index in [4.69, 9.17) is 0 Å². The first-order valence-electron chi connectivity index (χ1n) is 11.8. The molecule has 1 aliphatic heterocycles. The molecular formula is C25H32F3N5O2. The summed E-state index contributed by atoms with van der Waals surface area (Å²) in [5.41, 5.74) is 0.783. The Balaban J connectivity index is 1.56. The molecule has 1 aromatic heterocycles. The summed E-state index contributed by atoms with van der Waals surface area (Å²) in [6.45, 7) is 8.45. The van der Waals surface area contributed by atoms with Gasteiger partial charge in [-0.15, -0.1) is 0 Å². The zero-order chi connectivity index (χ0) is 25.6. The molecule has 10 heteroatoms. The van der Waals surface area contributed by atoms with Crippen molar-refractivity contribution in [2.75, 3.05) is 44.2 Å². The zero-order valence-corrected chi connectivity index (χ0v) is 20.4. The van der Waals surface area contributed by atoms with Crippen LogP contribution in [-0.4, -0.2) is 70.9 Å². The number of anilines is 1. The minimum Gasteiger partial charge on any atom is -0.368 e. The number of piperazine rings is 1. The Morgan fingerprint density at radius 1 is 1.06 bits per heavy atom. The number of rotatable bonds is 8. The number of hydrogen-bond acceptors (Lipinski definition) is 5. The molecule has 190 valence electrons. The summed E-state index contributed by atoms with van der Waals surface area (Å²) in [5.74, 6) is 0.0698. The lowest BCUT2D eigenvalue weighted by atomic mass is 10.1. The largest absolute Gasteiger partial charge is 0.416 e. The van der Waals surface area contributed by atoms with Gasteiger partial charge in [0.15, 0.2) is 0 Å². The third-order valence-electron chi connectivity index (χ3n) is 6.03. The van der Waals surface area contributed by atoms with E-state index in [-0.39, 0.29) is 30.5 Å². The van der Waals surface area contributed by atoms with Crippen molar-refractivity contribution in [2.24, 2.45) is 5.92 Å². The molecule has 7 nitrogen and oxygen atoms in total. The molecule has 1 fully saturated rings. The third-order valence-corrected chi connectivity index (χ3v) is 6.03. The number of hydrogen-bond donors (Lipinski definition) is 0. The lowest BCUT2D eigenvalue weighted by molar-refractivity contribution is -0.137. The Morgan fingerprint density at radius 3 is 2.37 bits per heavy atom. The molecule has 0 radical (unpaired) electrons. The van der Waals surface area contributed by atoms with E-state index in [1.807, 2.05) is 4.90 Å². The average molecular weight is 492 g/mol. The van der Waals surface area contributed by atoms with Crippen LogP contribution in [0, 0.1) is 12.8 Å². The lowest BCUT2D eigenvalue weighted by Gasteiger charge is -2.36. The van der Waals surface area contributed by atoms with E-state index in [9.17, 15) is 22.8 Å². The van der Waals surface area contributed by atoms with Crippen molar-refractivity contribution in [2.45, 2.75) is 39.8 Å². The van der Waals surface area contributed by atoms with Crippen molar-refractivity contribution in [1.82, 2.24) is 19.8 Å². The van der Waals surface area contributed by atoms with E-state index in [2.05, 4.69) is 23.8 Å². The predicted octanol–water partition coefficient (Wildman–Crippen LogP) is 4.03. The van der Waals surface area contributed by atoms with Crippen molar-refractivity contribution in [3.05, 3.63) is 53.6 Å². The number of benzene rings is 1. The summed E-state index contributed by atoms with van der Waals surface area (Å²) in [5, 5.41) is 0. The summed E-state index contributed by atoms with van der Waals surface area (Å²) in [6, 6.07) is 5.25. The fraction of sp³-hybridized carbons (Fsp3) is 0.520. The normalized spacial score (nSPS) is 14.4. The van der Waals surface area contributed by atoms with Gasteiger partial charge in [0.2, 0.25) is 5.91 Å². The van der Waals surface area contributed by atoms with Crippen LogP contribution in [0.3, 0.4) is 0 Å². The molecule has 1 aliphatic rings. The number of carbonyl (C=O) groups excluding carboxylic acids is 2. The second-order valence-electron chi connectivity index (χ2n) is 9.18. The SMILES string of the molecule is Cc1cnc(C(=O)N(CCC(=O)N2CCN(c3cccc(C(F)(F)F)c3)CC2)CCC(C)C)cn1. The van der Waals surface area contributed by atoms with Crippen LogP contribution in [0.5, 0.6) is 0 Å². The molecule has 0 spiro atoms. The molecule has 3 rings (SSSR count). The molecule has 0 saturated carbocycles. The van der Waals surface area contributed by atoms with E-state index in [1.165, 1.54) is 12.3 Å². The molecular weight excluding hydrogens is 459 g/mol. The second kappa shape index (κ2) is 11.5. The summed E-state index contributed by atoms with van der Waals surface area (Å²) in [6.07, 6.45) is -0.420. The van der Waals surface area contributed by atoms with Crippen molar-refractivity contribution >= 4 is 17.5 Å². The van der Waals surface area contributed by atoms with Crippen LogP contribution in [-0.2, 0) is 11.0 Å². The molecule has 0 N–H and O–H groups in total. The zero-order valence-electron chi connectivity index (χ0n) is 20.4. The summed E-state index contributed by atoms with van der Waals surface area (Å²) in [4.78, 5) is 39.4. The van der Waals surface area contributed by atoms with Crippen LogP contribution in [0.1, 0.15) is 48.4 Å². The molecule has 1 saturated heterocycles. The van der Waals surface area contributed by atoms with Gasteiger partial charge in [-0.05, 0) is 37.5 Å². The Kier molecular flexibility index (Phi) is 8.69. The van der Waals surface area contributed by atoms with Crippen LogP contribution < -0.4 is 4.90 Å². The highest BCUT2D eigenvalue weighted by molar-refractivity contribution is 5.92. The first kappa shape index (κ1) is 26.4. The van der Waals surface area contributed by atoms with E-state index >= 15 is 0 Å². The highest BCUT2D eigenvalue weighted by Gasteiger charge is 2.31. The van der Waals surface area contributed by atoms with Gasteiger partial charge in [-0.1, -0.05) is 19.9 Å². The highest BCUT2D eigenvalue weighted by Crippen LogP contribution is 2.31. The van der Waals surface area contributed by atoms with E-state index in [1.54, 1.807) is 29.0 Å². The van der Waals surface area contributed by atoms with Crippen molar-refractivity contribution < 1.29 is 22.8 Å². The van der Waals surface area contributed by atoms with Crippen LogP contribution in [0.15, 0.2) is 36.7 Å². The lowest BCUT2D eigenvalue weighted by Crippen LogP contribution is -2.49. The van der Waals surface area contributed by atoms with Crippen LogP contribution in [0.25, 0.3) is 0 Å². The average Bonchev–Trinajstić information content (AvgIpc) is 2.83. The Bertz CT molecular complexity index is 1000. The van der Waals surface area contributed by atoms with E-state index in [0.717, 1.165) is 24.2 Å². The van der Waals surface area contributed by atoms with Crippen molar-refractivity contribution in [3.8, 4) is 0 Å². The van der Waals surface area contributed by atoms with Gasteiger partial charge in [-0.2, -0.15) is 13.2 Å². The Morgan fingerprint density at radius 2 is 1.77 bits per heavy atom. The fourth-order valence-corrected chi connectivity index (χ4v) is 3.88. The molecule has 2 heterocycles. The highest BCUT2D eigenvalue weighted by atomic mass is 19.4. The maximum atomic E-state index is 13.0. The van der Waals surface area contributed by atoms with Crippen LogP contribution in [0.2, 0.25) is 0 Å². The number of carbonyl (C=O) groups is 2. The van der Waals surface area contributed by atoms with Crippen molar-refractivity contribution in [3.63, 3.8) is 0 Å².